The first kappa shape index (κ1) is 14.9. The van der Waals surface area contributed by atoms with Crippen molar-refractivity contribution in [3.8, 4) is 5.75 Å². The van der Waals surface area contributed by atoms with Crippen molar-refractivity contribution in [3.05, 3.63) is 41.1 Å². The van der Waals surface area contributed by atoms with Crippen LogP contribution in [0.5, 0.6) is 5.75 Å². The van der Waals surface area contributed by atoms with Gasteiger partial charge in [-0.3, -0.25) is 14.9 Å². The second-order valence-corrected chi connectivity index (χ2v) is 4.58. The largest absolute Gasteiger partial charge is 0.495 e. The molecule has 1 heterocycles. The van der Waals surface area contributed by atoms with Crippen molar-refractivity contribution in [2.24, 2.45) is 0 Å². The predicted octanol–water partition coefficient (Wildman–Crippen LogP) is 3.15. The SMILES string of the molecule is COc1ccc(Cl)cc1NC(=O)c1ccc(NC(C)=O)o1. The molecule has 7 heteroatoms. The van der Waals surface area contributed by atoms with E-state index in [2.05, 4.69) is 10.6 Å². The van der Waals surface area contributed by atoms with Gasteiger partial charge in [-0.25, -0.2) is 0 Å². The van der Waals surface area contributed by atoms with E-state index in [0.717, 1.165) is 0 Å². The average molecular weight is 309 g/mol. The number of amides is 2. The van der Waals surface area contributed by atoms with Gasteiger partial charge in [0.25, 0.3) is 5.91 Å². The van der Waals surface area contributed by atoms with E-state index in [-0.39, 0.29) is 17.6 Å². The van der Waals surface area contributed by atoms with E-state index >= 15 is 0 Å². The summed E-state index contributed by atoms with van der Waals surface area (Å²) in [5.41, 5.74) is 0.424. The van der Waals surface area contributed by atoms with E-state index in [0.29, 0.717) is 16.5 Å². The highest BCUT2D eigenvalue weighted by Gasteiger charge is 2.14. The summed E-state index contributed by atoms with van der Waals surface area (Å²) in [7, 11) is 1.49. The van der Waals surface area contributed by atoms with Crippen LogP contribution in [-0.2, 0) is 4.79 Å². The number of methoxy groups -OCH3 is 1. The van der Waals surface area contributed by atoms with E-state index in [1.807, 2.05) is 0 Å². The molecule has 1 aromatic heterocycles. The number of hydrogen-bond donors (Lipinski definition) is 2. The van der Waals surface area contributed by atoms with E-state index < -0.39 is 5.91 Å². The lowest BCUT2D eigenvalue weighted by molar-refractivity contribution is -0.114. The van der Waals surface area contributed by atoms with Gasteiger partial charge in [0, 0.05) is 18.0 Å². The predicted molar refractivity (Wildman–Crippen MR) is 79.0 cm³/mol. The fraction of sp³-hybridized carbons (Fsp3) is 0.143. The molecule has 2 amide bonds. The van der Waals surface area contributed by atoms with Gasteiger partial charge in [-0.05, 0) is 24.3 Å². The minimum atomic E-state index is -0.479. The number of ether oxygens (including phenoxy) is 1. The van der Waals surface area contributed by atoms with Gasteiger partial charge in [0.15, 0.2) is 11.6 Å². The molecule has 6 nitrogen and oxygen atoms in total. The maximum Gasteiger partial charge on any atom is 0.291 e. The first-order chi connectivity index (χ1) is 9.99. The first-order valence-corrected chi connectivity index (χ1v) is 6.39. The summed E-state index contributed by atoms with van der Waals surface area (Å²) in [6, 6.07) is 7.81. The van der Waals surface area contributed by atoms with Crippen LogP contribution in [0.15, 0.2) is 34.7 Å². The van der Waals surface area contributed by atoms with E-state index in [9.17, 15) is 9.59 Å². The van der Waals surface area contributed by atoms with Crippen LogP contribution in [0.2, 0.25) is 5.02 Å². The van der Waals surface area contributed by atoms with Crippen molar-refractivity contribution in [2.75, 3.05) is 17.7 Å². The Morgan fingerprint density at radius 2 is 1.95 bits per heavy atom. The van der Waals surface area contributed by atoms with Crippen LogP contribution in [0, 0.1) is 0 Å². The topological polar surface area (TPSA) is 80.6 Å². The molecule has 0 aliphatic rings. The second kappa shape index (κ2) is 6.32. The third kappa shape index (κ3) is 3.76. The van der Waals surface area contributed by atoms with Crippen LogP contribution in [-0.4, -0.2) is 18.9 Å². The number of carbonyl (C=O) groups excluding carboxylic acids is 2. The number of furan rings is 1. The Balaban J connectivity index is 2.16. The van der Waals surface area contributed by atoms with Crippen molar-refractivity contribution in [1.82, 2.24) is 0 Å². The van der Waals surface area contributed by atoms with Gasteiger partial charge >= 0.3 is 0 Å². The number of anilines is 2. The fourth-order valence-electron chi connectivity index (χ4n) is 1.66. The quantitative estimate of drug-likeness (QED) is 0.909. The summed E-state index contributed by atoms with van der Waals surface area (Å²) in [4.78, 5) is 23.0. The Labute approximate surface area is 126 Å². The lowest BCUT2D eigenvalue weighted by atomic mass is 10.3. The van der Waals surface area contributed by atoms with Crippen molar-refractivity contribution < 1.29 is 18.7 Å². The summed E-state index contributed by atoms with van der Waals surface area (Å²) in [6.07, 6.45) is 0. The average Bonchev–Trinajstić information content (AvgIpc) is 2.86. The highest BCUT2D eigenvalue weighted by atomic mass is 35.5. The van der Waals surface area contributed by atoms with E-state index in [1.165, 1.54) is 26.2 Å². The molecular formula is C14H13ClN2O4. The Bertz CT molecular complexity index is 681. The summed E-state index contributed by atoms with van der Waals surface area (Å²) in [6.45, 7) is 1.35. The molecule has 2 N–H and O–H groups in total. The first-order valence-electron chi connectivity index (χ1n) is 6.02. The molecule has 21 heavy (non-hydrogen) atoms. The Hall–Kier alpha value is -2.47. The van der Waals surface area contributed by atoms with Crippen molar-refractivity contribution >= 4 is 35.0 Å². The van der Waals surface area contributed by atoms with Crippen molar-refractivity contribution in [2.45, 2.75) is 6.92 Å². The van der Waals surface area contributed by atoms with Crippen LogP contribution in [0.1, 0.15) is 17.5 Å². The smallest absolute Gasteiger partial charge is 0.291 e. The van der Waals surface area contributed by atoms with Gasteiger partial charge in [-0.2, -0.15) is 0 Å². The molecule has 0 aliphatic heterocycles. The van der Waals surface area contributed by atoms with Crippen LogP contribution in [0.4, 0.5) is 11.6 Å². The van der Waals surface area contributed by atoms with Gasteiger partial charge in [0.1, 0.15) is 5.75 Å². The van der Waals surface area contributed by atoms with E-state index in [4.69, 9.17) is 20.8 Å². The zero-order valence-corrected chi connectivity index (χ0v) is 12.2. The highest BCUT2D eigenvalue weighted by Crippen LogP contribution is 2.28. The maximum atomic E-state index is 12.1. The van der Waals surface area contributed by atoms with Gasteiger partial charge in [-0.15, -0.1) is 0 Å². The zero-order valence-electron chi connectivity index (χ0n) is 11.4. The normalized spacial score (nSPS) is 10.0. The number of benzene rings is 1. The van der Waals surface area contributed by atoms with Crippen molar-refractivity contribution in [3.63, 3.8) is 0 Å². The van der Waals surface area contributed by atoms with Crippen LogP contribution >= 0.6 is 11.6 Å². The fourth-order valence-corrected chi connectivity index (χ4v) is 1.83. The molecule has 0 fully saturated rings. The summed E-state index contributed by atoms with van der Waals surface area (Å²) >= 11 is 5.89. The molecule has 0 bridgehead atoms. The van der Waals surface area contributed by atoms with Crippen LogP contribution < -0.4 is 15.4 Å². The number of halogens is 1. The lowest BCUT2D eigenvalue weighted by Gasteiger charge is -2.09. The van der Waals surface area contributed by atoms with Gasteiger partial charge in [0.2, 0.25) is 5.91 Å². The standard InChI is InChI=1S/C14H13ClN2O4/c1-8(18)16-13-6-5-12(21-13)14(19)17-10-7-9(15)3-4-11(10)20-2/h3-7H,1-2H3,(H,16,18)(H,17,19). The molecule has 2 rings (SSSR count). The van der Waals surface area contributed by atoms with E-state index in [1.54, 1.807) is 18.2 Å². The monoisotopic (exact) mass is 308 g/mol. The third-order valence-corrected chi connectivity index (χ3v) is 2.77. The highest BCUT2D eigenvalue weighted by molar-refractivity contribution is 6.31. The maximum absolute atomic E-state index is 12.1. The lowest BCUT2D eigenvalue weighted by Crippen LogP contribution is -2.12. The number of nitrogens with one attached hydrogen (secondary N) is 2. The number of hydrogen-bond acceptors (Lipinski definition) is 4. The molecule has 0 radical (unpaired) electrons. The molecule has 0 aliphatic carbocycles. The Kier molecular flexibility index (Phi) is 4.49. The number of carbonyl (C=O) groups is 2. The van der Waals surface area contributed by atoms with Crippen molar-refractivity contribution in [1.29, 1.82) is 0 Å². The van der Waals surface area contributed by atoms with Gasteiger partial charge in [-0.1, -0.05) is 11.6 Å². The second-order valence-electron chi connectivity index (χ2n) is 4.14. The molecule has 0 saturated carbocycles. The summed E-state index contributed by atoms with van der Waals surface area (Å²) in [5, 5.41) is 5.54. The molecule has 110 valence electrons. The molecule has 0 unspecified atom stereocenters. The van der Waals surface area contributed by atoms with Gasteiger partial charge in [0.05, 0.1) is 12.8 Å². The molecule has 1 aromatic carbocycles. The van der Waals surface area contributed by atoms with Crippen LogP contribution in [0.3, 0.4) is 0 Å². The molecule has 0 spiro atoms. The molecule has 2 aromatic rings. The third-order valence-electron chi connectivity index (χ3n) is 2.54. The Morgan fingerprint density at radius 1 is 1.19 bits per heavy atom. The number of rotatable bonds is 4. The molecular weight excluding hydrogens is 296 g/mol. The summed E-state index contributed by atoms with van der Waals surface area (Å²) in [5.74, 6) is -0.0344. The molecule has 0 atom stereocenters. The minimum Gasteiger partial charge on any atom is -0.495 e. The summed E-state index contributed by atoms with van der Waals surface area (Å²) < 4.78 is 10.3. The zero-order chi connectivity index (χ0) is 15.4. The Morgan fingerprint density at radius 3 is 2.62 bits per heavy atom. The van der Waals surface area contributed by atoms with Crippen LogP contribution in [0.25, 0.3) is 0 Å². The molecule has 0 saturated heterocycles. The minimum absolute atomic E-state index is 0.0563. The van der Waals surface area contributed by atoms with Gasteiger partial charge < -0.3 is 14.5 Å².